The van der Waals surface area contributed by atoms with Crippen LogP contribution >= 0.6 is 0 Å². The first-order valence-electron chi connectivity index (χ1n) is 7.56. The van der Waals surface area contributed by atoms with E-state index >= 15 is 0 Å². The van der Waals surface area contributed by atoms with E-state index in [1.807, 2.05) is 20.8 Å². The average molecular weight is 282 g/mol. The second-order valence-corrected chi connectivity index (χ2v) is 7.33. The standard InChI is InChI=1S/C15H26N2O3/c1-15(2,3)11(8-12(18)19)16-14(20)17-13(9-4-5-9)10-6-7-10/h9-11,13H,4-8H2,1-3H3,(H,18,19)(H2,16,17,20). The Morgan fingerprint density at radius 2 is 1.60 bits per heavy atom. The summed E-state index contributed by atoms with van der Waals surface area (Å²) in [6.07, 6.45) is 4.78. The minimum absolute atomic E-state index is 0.0472. The number of rotatable bonds is 6. The molecule has 5 heteroatoms. The Balaban J connectivity index is 1.88. The quantitative estimate of drug-likeness (QED) is 0.700. The Labute approximate surface area is 120 Å². The topological polar surface area (TPSA) is 78.4 Å². The van der Waals surface area contributed by atoms with Crippen LogP contribution in [0.3, 0.4) is 0 Å². The summed E-state index contributed by atoms with van der Waals surface area (Å²) in [5.41, 5.74) is -0.273. The van der Waals surface area contributed by atoms with Crippen LogP contribution in [0.15, 0.2) is 0 Å². The second-order valence-electron chi connectivity index (χ2n) is 7.33. The third kappa shape index (κ3) is 4.39. The van der Waals surface area contributed by atoms with Gasteiger partial charge in [-0.2, -0.15) is 0 Å². The molecule has 5 nitrogen and oxygen atoms in total. The Kier molecular flexibility index (Phi) is 4.25. The van der Waals surface area contributed by atoms with E-state index in [9.17, 15) is 9.59 Å². The molecule has 0 aliphatic heterocycles. The SMILES string of the molecule is CC(C)(C)C(CC(=O)O)NC(=O)NC(C1CC1)C1CC1. The van der Waals surface area contributed by atoms with Crippen LogP contribution in [0.4, 0.5) is 4.79 Å². The van der Waals surface area contributed by atoms with Gasteiger partial charge in [0.2, 0.25) is 0 Å². The molecule has 2 rings (SSSR count). The third-order valence-electron chi connectivity index (χ3n) is 4.29. The van der Waals surface area contributed by atoms with Crippen LogP contribution in [-0.4, -0.2) is 29.2 Å². The predicted octanol–water partition coefficient (Wildman–Crippen LogP) is 2.36. The van der Waals surface area contributed by atoms with E-state index in [0.29, 0.717) is 17.9 Å². The number of hydrogen-bond acceptors (Lipinski definition) is 2. The van der Waals surface area contributed by atoms with E-state index in [2.05, 4.69) is 10.6 Å². The summed E-state index contributed by atoms with van der Waals surface area (Å²) < 4.78 is 0. The summed E-state index contributed by atoms with van der Waals surface area (Å²) in [5.74, 6) is 0.396. The highest BCUT2D eigenvalue weighted by Gasteiger charge is 2.42. The zero-order valence-corrected chi connectivity index (χ0v) is 12.6. The highest BCUT2D eigenvalue weighted by molar-refractivity contribution is 5.76. The van der Waals surface area contributed by atoms with Gasteiger partial charge in [-0.25, -0.2) is 4.79 Å². The smallest absolute Gasteiger partial charge is 0.315 e. The number of aliphatic carboxylic acids is 1. The fourth-order valence-electron chi connectivity index (χ4n) is 2.63. The fraction of sp³-hybridized carbons (Fsp3) is 0.867. The van der Waals surface area contributed by atoms with E-state index in [1.165, 1.54) is 25.7 Å². The summed E-state index contributed by atoms with van der Waals surface area (Å²) in [4.78, 5) is 23.1. The van der Waals surface area contributed by atoms with Crippen molar-refractivity contribution in [2.24, 2.45) is 17.3 Å². The van der Waals surface area contributed by atoms with Gasteiger partial charge in [0.1, 0.15) is 0 Å². The molecule has 0 aromatic carbocycles. The summed E-state index contributed by atoms with van der Waals surface area (Å²) in [5, 5.41) is 14.9. The van der Waals surface area contributed by atoms with Gasteiger partial charge in [0.25, 0.3) is 0 Å². The maximum atomic E-state index is 12.1. The van der Waals surface area contributed by atoms with Crippen molar-refractivity contribution in [2.75, 3.05) is 0 Å². The van der Waals surface area contributed by atoms with E-state index in [1.54, 1.807) is 0 Å². The third-order valence-corrected chi connectivity index (χ3v) is 4.29. The molecule has 2 amide bonds. The number of amides is 2. The van der Waals surface area contributed by atoms with E-state index in [0.717, 1.165) is 0 Å². The number of hydrogen-bond donors (Lipinski definition) is 3. The van der Waals surface area contributed by atoms with E-state index in [4.69, 9.17) is 5.11 Å². The van der Waals surface area contributed by atoms with Crippen LogP contribution in [0.5, 0.6) is 0 Å². The molecule has 1 atom stereocenters. The summed E-state index contributed by atoms with van der Waals surface area (Å²) in [6, 6.07) is -0.283. The van der Waals surface area contributed by atoms with Gasteiger partial charge in [-0.05, 0) is 42.9 Å². The lowest BCUT2D eigenvalue weighted by atomic mass is 9.85. The van der Waals surface area contributed by atoms with Crippen molar-refractivity contribution in [2.45, 2.75) is 65.0 Å². The van der Waals surface area contributed by atoms with Crippen molar-refractivity contribution in [3.63, 3.8) is 0 Å². The predicted molar refractivity (Wildman–Crippen MR) is 76.4 cm³/mol. The minimum atomic E-state index is -0.883. The van der Waals surface area contributed by atoms with Gasteiger partial charge in [0.15, 0.2) is 0 Å². The maximum absolute atomic E-state index is 12.1. The summed E-state index contributed by atoms with van der Waals surface area (Å²) in [7, 11) is 0. The molecule has 0 heterocycles. The molecule has 20 heavy (non-hydrogen) atoms. The molecule has 2 aliphatic carbocycles. The van der Waals surface area contributed by atoms with Gasteiger partial charge in [0, 0.05) is 12.1 Å². The average Bonchev–Trinajstić information content (AvgIpc) is 3.14. The Morgan fingerprint density at radius 1 is 1.10 bits per heavy atom. The second kappa shape index (κ2) is 5.62. The Hall–Kier alpha value is -1.26. The van der Waals surface area contributed by atoms with Crippen LogP contribution < -0.4 is 10.6 Å². The fourth-order valence-corrected chi connectivity index (χ4v) is 2.63. The largest absolute Gasteiger partial charge is 0.481 e. The zero-order valence-electron chi connectivity index (χ0n) is 12.6. The highest BCUT2D eigenvalue weighted by atomic mass is 16.4. The Bertz CT molecular complexity index is 369. The number of carboxylic acid groups (broad SMARTS) is 1. The summed E-state index contributed by atoms with van der Waals surface area (Å²) >= 11 is 0. The van der Waals surface area contributed by atoms with Crippen LogP contribution in [0.1, 0.15) is 52.9 Å². The first-order chi connectivity index (χ1) is 9.27. The summed E-state index contributed by atoms with van der Waals surface area (Å²) in [6.45, 7) is 5.83. The van der Waals surface area contributed by atoms with Crippen LogP contribution in [0, 0.1) is 17.3 Å². The molecule has 0 spiro atoms. The molecule has 0 aromatic rings. The van der Waals surface area contributed by atoms with Crippen LogP contribution in [0.25, 0.3) is 0 Å². The number of nitrogens with one attached hydrogen (secondary N) is 2. The molecule has 2 fully saturated rings. The highest BCUT2D eigenvalue weighted by Crippen LogP contribution is 2.44. The zero-order chi connectivity index (χ0) is 14.9. The first kappa shape index (κ1) is 15.1. The monoisotopic (exact) mass is 282 g/mol. The van der Waals surface area contributed by atoms with Crippen LogP contribution in [-0.2, 0) is 4.79 Å². The van der Waals surface area contributed by atoms with E-state index < -0.39 is 5.97 Å². The maximum Gasteiger partial charge on any atom is 0.315 e. The molecule has 0 radical (unpaired) electrons. The van der Waals surface area contributed by atoms with Gasteiger partial charge in [0.05, 0.1) is 6.42 Å². The van der Waals surface area contributed by atoms with Crippen molar-refractivity contribution >= 4 is 12.0 Å². The molecular formula is C15H26N2O3. The lowest BCUT2D eigenvalue weighted by Gasteiger charge is -2.31. The molecule has 0 saturated heterocycles. The molecule has 2 saturated carbocycles. The number of carboxylic acids is 1. The van der Waals surface area contributed by atoms with Crippen molar-refractivity contribution in [3.8, 4) is 0 Å². The van der Waals surface area contributed by atoms with Crippen molar-refractivity contribution in [1.82, 2.24) is 10.6 Å². The first-order valence-corrected chi connectivity index (χ1v) is 7.56. The van der Waals surface area contributed by atoms with E-state index in [-0.39, 0.29) is 23.9 Å². The molecule has 1 unspecified atom stereocenters. The normalized spacial score (nSPS) is 20.6. The molecule has 2 aliphatic rings. The number of urea groups is 1. The van der Waals surface area contributed by atoms with Gasteiger partial charge in [-0.15, -0.1) is 0 Å². The molecule has 0 aromatic heterocycles. The van der Waals surface area contributed by atoms with Crippen LogP contribution in [0.2, 0.25) is 0 Å². The van der Waals surface area contributed by atoms with Crippen molar-refractivity contribution in [1.29, 1.82) is 0 Å². The molecule has 114 valence electrons. The molecule has 3 N–H and O–H groups in total. The molecule has 0 bridgehead atoms. The van der Waals surface area contributed by atoms with Gasteiger partial charge in [-0.3, -0.25) is 4.79 Å². The minimum Gasteiger partial charge on any atom is -0.481 e. The number of carbonyl (C=O) groups excluding carboxylic acids is 1. The lowest BCUT2D eigenvalue weighted by molar-refractivity contribution is -0.138. The van der Waals surface area contributed by atoms with Gasteiger partial charge < -0.3 is 15.7 Å². The lowest BCUT2D eigenvalue weighted by Crippen LogP contribution is -2.52. The Morgan fingerprint density at radius 3 is 1.95 bits per heavy atom. The number of carbonyl (C=O) groups is 2. The van der Waals surface area contributed by atoms with Gasteiger partial charge in [-0.1, -0.05) is 20.8 Å². The van der Waals surface area contributed by atoms with Gasteiger partial charge >= 0.3 is 12.0 Å². The van der Waals surface area contributed by atoms with Crippen molar-refractivity contribution < 1.29 is 14.7 Å². The van der Waals surface area contributed by atoms with Crippen molar-refractivity contribution in [3.05, 3.63) is 0 Å². The molecular weight excluding hydrogens is 256 g/mol.